The predicted molar refractivity (Wildman–Crippen MR) is 104 cm³/mol. The van der Waals surface area contributed by atoms with Gasteiger partial charge < -0.3 is 15.1 Å². The number of hydrogen-bond donors (Lipinski definition) is 1. The van der Waals surface area contributed by atoms with Crippen LogP contribution in [0.25, 0.3) is 10.3 Å². The van der Waals surface area contributed by atoms with Gasteiger partial charge in [-0.1, -0.05) is 11.6 Å². The fraction of sp³-hybridized carbons (Fsp3) is 0.312. The highest BCUT2D eigenvalue weighted by molar-refractivity contribution is 7.17. The maximum absolute atomic E-state index is 12.6. The van der Waals surface area contributed by atoms with Crippen LogP contribution in [0.3, 0.4) is 0 Å². The van der Waals surface area contributed by atoms with Gasteiger partial charge in [0.25, 0.3) is 5.91 Å². The summed E-state index contributed by atoms with van der Waals surface area (Å²) in [5, 5.41) is 8.79. The Kier molecular flexibility index (Phi) is 4.60. The van der Waals surface area contributed by atoms with Crippen molar-refractivity contribution in [2.75, 3.05) is 43.4 Å². The molecule has 0 radical (unpaired) electrons. The van der Waals surface area contributed by atoms with E-state index in [2.05, 4.69) is 27.1 Å². The molecule has 1 amide bonds. The molecule has 0 saturated carbocycles. The number of hydrogen-bond acceptors (Lipinski definition) is 7. The number of nitrogens with zero attached hydrogens (tertiary/aromatic N) is 4. The zero-order valence-electron chi connectivity index (χ0n) is 13.5. The second kappa shape index (κ2) is 6.87. The average Bonchev–Trinajstić information content (AvgIpc) is 3.21. The van der Waals surface area contributed by atoms with E-state index in [1.54, 1.807) is 17.0 Å². The summed E-state index contributed by atoms with van der Waals surface area (Å²) in [6.07, 6.45) is 1.79. The highest BCUT2D eigenvalue weighted by atomic mass is 35.5. The third kappa shape index (κ3) is 3.35. The number of rotatable bonds is 3. The van der Waals surface area contributed by atoms with Crippen LogP contribution >= 0.6 is 34.3 Å². The van der Waals surface area contributed by atoms with E-state index in [9.17, 15) is 4.79 Å². The first kappa shape index (κ1) is 16.7. The first-order valence-corrected chi connectivity index (χ1v) is 10.0. The molecular formula is C16H16ClN5OS2. The van der Waals surface area contributed by atoms with Crippen molar-refractivity contribution in [3.8, 4) is 0 Å². The molecule has 1 aliphatic heterocycles. The molecule has 3 aromatic heterocycles. The van der Waals surface area contributed by atoms with Crippen molar-refractivity contribution in [3.05, 3.63) is 32.9 Å². The summed E-state index contributed by atoms with van der Waals surface area (Å²) in [5.41, 5.74) is 1.80. The lowest BCUT2D eigenvalue weighted by Gasteiger charge is -2.32. The van der Waals surface area contributed by atoms with E-state index in [0.717, 1.165) is 36.8 Å². The fourth-order valence-electron chi connectivity index (χ4n) is 2.71. The standard InChI is InChI=1S/C16H16ClN5OS2/c1-21-2-4-22(5-3-21)13-6-18-16-14(20-13)10(7-25-16)15(23)19-12-9-24-8-11(12)17/h6-9H,2-5H2,1H3,(H,19,23). The smallest absolute Gasteiger partial charge is 0.258 e. The Morgan fingerprint density at radius 2 is 2.04 bits per heavy atom. The molecular weight excluding hydrogens is 378 g/mol. The van der Waals surface area contributed by atoms with Gasteiger partial charge in [0.1, 0.15) is 16.2 Å². The molecule has 0 aromatic carbocycles. The highest BCUT2D eigenvalue weighted by Crippen LogP contribution is 2.29. The van der Waals surface area contributed by atoms with Gasteiger partial charge in [-0.2, -0.15) is 0 Å². The molecule has 0 atom stereocenters. The number of halogens is 1. The molecule has 4 heterocycles. The Morgan fingerprint density at radius 3 is 2.76 bits per heavy atom. The van der Waals surface area contributed by atoms with Crippen molar-refractivity contribution in [1.29, 1.82) is 0 Å². The van der Waals surface area contributed by atoms with E-state index in [-0.39, 0.29) is 5.91 Å². The average molecular weight is 394 g/mol. The first-order chi connectivity index (χ1) is 12.1. The Morgan fingerprint density at radius 1 is 1.24 bits per heavy atom. The summed E-state index contributed by atoms with van der Waals surface area (Å²) in [6, 6.07) is 0. The van der Waals surface area contributed by atoms with Crippen molar-refractivity contribution < 1.29 is 4.79 Å². The number of likely N-dealkylation sites (N-methyl/N-ethyl adjacent to an activating group) is 1. The number of anilines is 2. The lowest BCUT2D eigenvalue weighted by atomic mass is 10.2. The number of fused-ring (bicyclic) bond motifs is 1. The van der Waals surface area contributed by atoms with Crippen LogP contribution in [0.5, 0.6) is 0 Å². The predicted octanol–water partition coefficient (Wildman–Crippen LogP) is 3.41. The molecule has 25 heavy (non-hydrogen) atoms. The molecule has 0 aliphatic carbocycles. The molecule has 130 valence electrons. The van der Waals surface area contributed by atoms with Crippen molar-refractivity contribution in [3.63, 3.8) is 0 Å². The number of carbonyl (C=O) groups excluding carboxylic acids is 1. The maximum Gasteiger partial charge on any atom is 0.258 e. The lowest BCUT2D eigenvalue weighted by molar-refractivity contribution is 0.102. The van der Waals surface area contributed by atoms with Gasteiger partial charge in [0.05, 0.1) is 22.5 Å². The van der Waals surface area contributed by atoms with Crippen LogP contribution in [0, 0.1) is 0 Å². The monoisotopic (exact) mass is 393 g/mol. The molecule has 0 unspecified atom stereocenters. The summed E-state index contributed by atoms with van der Waals surface area (Å²) in [4.78, 5) is 27.1. The Bertz CT molecular complexity index is 916. The minimum Gasteiger partial charge on any atom is -0.353 e. The van der Waals surface area contributed by atoms with Crippen LogP contribution in [-0.2, 0) is 0 Å². The molecule has 1 fully saturated rings. The maximum atomic E-state index is 12.6. The van der Waals surface area contributed by atoms with Crippen LogP contribution in [0.1, 0.15) is 10.4 Å². The molecule has 6 nitrogen and oxygen atoms in total. The summed E-state index contributed by atoms with van der Waals surface area (Å²) in [7, 11) is 2.11. The van der Waals surface area contributed by atoms with Crippen LogP contribution in [-0.4, -0.2) is 54.0 Å². The van der Waals surface area contributed by atoms with Crippen LogP contribution < -0.4 is 10.2 Å². The number of nitrogens with one attached hydrogen (secondary N) is 1. The SMILES string of the molecule is CN1CCN(c2cnc3scc(C(=O)Nc4cscc4Cl)c3n2)CC1. The first-order valence-electron chi connectivity index (χ1n) is 7.82. The van der Waals surface area contributed by atoms with Crippen molar-refractivity contribution >= 4 is 62.0 Å². The largest absolute Gasteiger partial charge is 0.353 e. The van der Waals surface area contributed by atoms with Crippen molar-refractivity contribution in [1.82, 2.24) is 14.9 Å². The van der Waals surface area contributed by atoms with E-state index in [1.165, 1.54) is 22.7 Å². The minimum absolute atomic E-state index is 0.212. The van der Waals surface area contributed by atoms with E-state index in [0.29, 0.717) is 21.8 Å². The van der Waals surface area contributed by atoms with E-state index >= 15 is 0 Å². The normalized spacial score (nSPS) is 15.7. The zero-order valence-corrected chi connectivity index (χ0v) is 15.9. The quantitative estimate of drug-likeness (QED) is 0.738. The number of amides is 1. The minimum atomic E-state index is -0.212. The number of thiophene rings is 2. The van der Waals surface area contributed by atoms with Crippen molar-refractivity contribution in [2.45, 2.75) is 0 Å². The van der Waals surface area contributed by atoms with Crippen LogP contribution in [0.15, 0.2) is 22.3 Å². The van der Waals surface area contributed by atoms with E-state index in [4.69, 9.17) is 16.6 Å². The van der Waals surface area contributed by atoms with Gasteiger partial charge in [0.15, 0.2) is 0 Å². The Balaban J connectivity index is 1.62. The van der Waals surface area contributed by atoms with Gasteiger partial charge in [0.2, 0.25) is 0 Å². The molecule has 9 heteroatoms. The molecule has 1 aliphatic rings. The zero-order chi connectivity index (χ0) is 17.4. The molecule has 0 bridgehead atoms. The summed E-state index contributed by atoms with van der Waals surface area (Å²) in [6.45, 7) is 3.81. The van der Waals surface area contributed by atoms with Gasteiger partial charge in [-0.3, -0.25) is 4.79 Å². The number of piperazine rings is 1. The van der Waals surface area contributed by atoms with Crippen molar-refractivity contribution in [2.24, 2.45) is 0 Å². The second-order valence-electron chi connectivity index (χ2n) is 5.91. The summed E-state index contributed by atoms with van der Waals surface area (Å²) >= 11 is 8.93. The lowest BCUT2D eigenvalue weighted by Crippen LogP contribution is -2.44. The third-order valence-corrected chi connectivity index (χ3v) is 6.27. The number of carbonyl (C=O) groups is 1. The summed E-state index contributed by atoms with van der Waals surface area (Å²) in [5.74, 6) is 0.609. The van der Waals surface area contributed by atoms with Gasteiger partial charge >= 0.3 is 0 Å². The molecule has 1 N–H and O–H groups in total. The third-order valence-electron chi connectivity index (χ3n) is 4.20. The molecule has 4 rings (SSSR count). The van der Waals surface area contributed by atoms with Gasteiger partial charge in [-0.05, 0) is 7.05 Å². The number of aromatic nitrogens is 2. The Hall–Kier alpha value is -1.74. The second-order valence-corrected chi connectivity index (χ2v) is 7.92. The van der Waals surface area contributed by atoms with Gasteiger partial charge in [0, 0.05) is 42.3 Å². The van der Waals surface area contributed by atoms with Crippen LogP contribution in [0.2, 0.25) is 5.02 Å². The fourth-order valence-corrected chi connectivity index (χ4v) is 4.50. The topological polar surface area (TPSA) is 61.4 Å². The van der Waals surface area contributed by atoms with E-state index < -0.39 is 0 Å². The Labute approximate surface area is 158 Å². The molecule has 1 saturated heterocycles. The summed E-state index contributed by atoms with van der Waals surface area (Å²) < 4.78 is 0. The van der Waals surface area contributed by atoms with Crippen LogP contribution in [0.4, 0.5) is 11.5 Å². The molecule has 0 spiro atoms. The van der Waals surface area contributed by atoms with E-state index in [1.807, 2.05) is 5.38 Å². The molecule has 3 aromatic rings. The van der Waals surface area contributed by atoms with Gasteiger partial charge in [-0.15, -0.1) is 22.7 Å². The van der Waals surface area contributed by atoms with Gasteiger partial charge in [-0.25, -0.2) is 9.97 Å². The highest BCUT2D eigenvalue weighted by Gasteiger charge is 2.20.